The van der Waals surface area contributed by atoms with Gasteiger partial charge in [-0.15, -0.1) is 0 Å². The predicted octanol–water partition coefficient (Wildman–Crippen LogP) is 1.85. The van der Waals surface area contributed by atoms with E-state index in [-0.39, 0.29) is 5.91 Å². The summed E-state index contributed by atoms with van der Waals surface area (Å²) in [7, 11) is 0. The first-order chi connectivity index (χ1) is 7.79. The monoisotopic (exact) mass is 218 g/mol. The van der Waals surface area contributed by atoms with Crippen molar-refractivity contribution in [2.45, 2.75) is 32.1 Å². The molecule has 1 heterocycles. The Hall–Kier alpha value is -1.35. The van der Waals surface area contributed by atoms with Crippen molar-refractivity contribution in [1.82, 2.24) is 0 Å². The molecule has 3 nitrogen and oxygen atoms in total. The van der Waals surface area contributed by atoms with Crippen LogP contribution < -0.4 is 11.1 Å². The minimum atomic E-state index is 0.131. The molecule has 1 aromatic carbocycles. The van der Waals surface area contributed by atoms with Crippen LogP contribution in [0.25, 0.3) is 0 Å². The maximum atomic E-state index is 11.3. The van der Waals surface area contributed by atoms with Gasteiger partial charge in [0.1, 0.15) is 0 Å². The molecule has 0 fully saturated rings. The quantitative estimate of drug-likeness (QED) is 0.758. The zero-order valence-corrected chi connectivity index (χ0v) is 9.46. The normalized spacial score (nSPS) is 14.4. The third kappa shape index (κ3) is 2.61. The highest BCUT2D eigenvalue weighted by molar-refractivity contribution is 5.93. The number of aryl methyl sites for hydroxylation is 2. The lowest BCUT2D eigenvalue weighted by atomic mass is 9.99. The topological polar surface area (TPSA) is 55.1 Å². The van der Waals surface area contributed by atoms with Crippen LogP contribution in [0.2, 0.25) is 0 Å². The number of fused-ring (bicyclic) bond motifs is 1. The molecule has 1 aliphatic rings. The average Bonchev–Trinajstić information content (AvgIpc) is 2.29. The molecular formula is C13H18N2O. The van der Waals surface area contributed by atoms with E-state index in [9.17, 15) is 4.79 Å². The fourth-order valence-corrected chi connectivity index (χ4v) is 2.05. The van der Waals surface area contributed by atoms with Gasteiger partial charge in [-0.3, -0.25) is 4.79 Å². The molecule has 0 radical (unpaired) electrons. The number of carbonyl (C=O) groups is 1. The number of hydrogen-bond acceptors (Lipinski definition) is 2. The summed E-state index contributed by atoms with van der Waals surface area (Å²) in [6.45, 7) is 0.752. The maximum absolute atomic E-state index is 11.3. The Balaban J connectivity index is 2.06. The van der Waals surface area contributed by atoms with Crippen LogP contribution in [-0.4, -0.2) is 12.5 Å². The summed E-state index contributed by atoms with van der Waals surface area (Å²) in [5, 5.41) is 2.93. The molecule has 3 heteroatoms. The van der Waals surface area contributed by atoms with Gasteiger partial charge < -0.3 is 11.1 Å². The van der Waals surface area contributed by atoms with Gasteiger partial charge in [0, 0.05) is 12.1 Å². The van der Waals surface area contributed by atoms with Crippen molar-refractivity contribution in [3.8, 4) is 0 Å². The van der Waals surface area contributed by atoms with Crippen LogP contribution in [0.4, 0.5) is 5.69 Å². The lowest BCUT2D eigenvalue weighted by Gasteiger charge is -2.17. The van der Waals surface area contributed by atoms with Gasteiger partial charge in [-0.25, -0.2) is 0 Å². The first kappa shape index (κ1) is 11.1. The van der Waals surface area contributed by atoms with Crippen LogP contribution in [0.3, 0.4) is 0 Å². The number of unbranched alkanes of at least 4 members (excludes halogenated alkanes) is 1. The van der Waals surface area contributed by atoms with E-state index in [0.29, 0.717) is 6.42 Å². The first-order valence-electron chi connectivity index (χ1n) is 5.91. The molecule has 16 heavy (non-hydrogen) atoms. The molecule has 1 aliphatic heterocycles. The highest BCUT2D eigenvalue weighted by Gasteiger charge is 2.14. The number of nitrogens with one attached hydrogen (secondary N) is 1. The molecular weight excluding hydrogens is 200 g/mol. The molecule has 1 aromatic rings. The third-order valence-electron chi connectivity index (χ3n) is 2.99. The summed E-state index contributed by atoms with van der Waals surface area (Å²) in [4.78, 5) is 11.3. The standard InChI is InChI=1S/C13H18N2O/c14-8-2-1-3-10-4-5-11-6-7-13(16)15-12(11)9-10/h4-5,9H,1-3,6-8,14H2,(H,15,16). The summed E-state index contributed by atoms with van der Waals surface area (Å²) in [6, 6.07) is 6.39. The number of anilines is 1. The van der Waals surface area contributed by atoms with Crippen LogP contribution in [0, 0.1) is 0 Å². The minimum absolute atomic E-state index is 0.131. The predicted molar refractivity (Wildman–Crippen MR) is 65.4 cm³/mol. The van der Waals surface area contributed by atoms with Crippen LogP contribution in [0.1, 0.15) is 30.4 Å². The van der Waals surface area contributed by atoms with Crippen molar-refractivity contribution >= 4 is 11.6 Å². The number of carbonyl (C=O) groups excluding carboxylic acids is 1. The van der Waals surface area contributed by atoms with E-state index in [2.05, 4.69) is 23.5 Å². The Kier molecular flexibility index (Phi) is 3.57. The van der Waals surface area contributed by atoms with E-state index in [1.165, 1.54) is 11.1 Å². The molecule has 86 valence electrons. The summed E-state index contributed by atoms with van der Waals surface area (Å²) >= 11 is 0. The second-order valence-corrected chi connectivity index (χ2v) is 4.29. The second kappa shape index (κ2) is 5.12. The van der Waals surface area contributed by atoms with E-state index in [1.54, 1.807) is 0 Å². The van der Waals surface area contributed by atoms with Crippen LogP contribution in [-0.2, 0) is 17.6 Å². The largest absolute Gasteiger partial charge is 0.330 e. The lowest BCUT2D eigenvalue weighted by molar-refractivity contribution is -0.116. The molecule has 1 amide bonds. The van der Waals surface area contributed by atoms with Gasteiger partial charge in [-0.2, -0.15) is 0 Å². The van der Waals surface area contributed by atoms with Gasteiger partial charge >= 0.3 is 0 Å². The van der Waals surface area contributed by atoms with Gasteiger partial charge in [0.15, 0.2) is 0 Å². The summed E-state index contributed by atoms with van der Waals surface area (Å²) in [5.41, 5.74) is 9.00. The van der Waals surface area contributed by atoms with E-state index in [4.69, 9.17) is 5.73 Å². The van der Waals surface area contributed by atoms with Gasteiger partial charge in [-0.05, 0) is 49.4 Å². The molecule has 0 bridgehead atoms. The Labute approximate surface area is 96.0 Å². The van der Waals surface area contributed by atoms with E-state index >= 15 is 0 Å². The number of nitrogens with two attached hydrogens (primary N) is 1. The molecule has 0 aliphatic carbocycles. The van der Waals surface area contributed by atoms with Crippen molar-refractivity contribution in [1.29, 1.82) is 0 Å². The summed E-state index contributed by atoms with van der Waals surface area (Å²) < 4.78 is 0. The first-order valence-corrected chi connectivity index (χ1v) is 5.91. The number of benzene rings is 1. The van der Waals surface area contributed by atoms with Crippen molar-refractivity contribution < 1.29 is 4.79 Å². The zero-order valence-electron chi connectivity index (χ0n) is 9.46. The smallest absolute Gasteiger partial charge is 0.224 e. The minimum Gasteiger partial charge on any atom is -0.330 e. The molecule has 0 aromatic heterocycles. The van der Waals surface area contributed by atoms with Crippen molar-refractivity contribution in [2.24, 2.45) is 5.73 Å². The maximum Gasteiger partial charge on any atom is 0.224 e. The van der Waals surface area contributed by atoms with E-state index in [0.717, 1.165) is 37.9 Å². The lowest BCUT2D eigenvalue weighted by Crippen LogP contribution is -2.19. The highest BCUT2D eigenvalue weighted by atomic mass is 16.1. The van der Waals surface area contributed by atoms with Crippen LogP contribution in [0.15, 0.2) is 18.2 Å². The summed E-state index contributed by atoms with van der Waals surface area (Å²) in [5.74, 6) is 0.131. The average molecular weight is 218 g/mol. The SMILES string of the molecule is NCCCCc1ccc2c(c1)NC(=O)CC2. The van der Waals surface area contributed by atoms with Crippen molar-refractivity contribution in [2.75, 3.05) is 11.9 Å². The summed E-state index contributed by atoms with van der Waals surface area (Å²) in [6.07, 6.45) is 4.69. The number of hydrogen-bond donors (Lipinski definition) is 2. The highest BCUT2D eigenvalue weighted by Crippen LogP contribution is 2.24. The van der Waals surface area contributed by atoms with Gasteiger partial charge in [0.05, 0.1) is 0 Å². The second-order valence-electron chi connectivity index (χ2n) is 4.29. The molecule has 0 saturated heterocycles. The van der Waals surface area contributed by atoms with Crippen LogP contribution >= 0.6 is 0 Å². The zero-order chi connectivity index (χ0) is 11.4. The van der Waals surface area contributed by atoms with Gasteiger partial charge in [0.2, 0.25) is 5.91 Å². The molecule has 0 spiro atoms. The van der Waals surface area contributed by atoms with Crippen molar-refractivity contribution in [3.05, 3.63) is 29.3 Å². The van der Waals surface area contributed by atoms with Crippen LogP contribution in [0.5, 0.6) is 0 Å². The molecule has 0 unspecified atom stereocenters. The van der Waals surface area contributed by atoms with Crippen molar-refractivity contribution in [3.63, 3.8) is 0 Å². The van der Waals surface area contributed by atoms with Gasteiger partial charge in [0.25, 0.3) is 0 Å². The number of rotatable bonds is 4. The molecule has 0 atom stereocenters. The van der Waals surface area contributed by atoms with E-state index in [1.807, 2.05) is 0 Å². The molecule has 2 rings (SSSR count). The Bertz CT molecular complexity index is 388. The Morgan fingerprint density at radius 3 is 2.94 bits per heavy atom. The Morgan fingerprint density at radius 2 is 2.12 bits per heavy atom. The third-order valence-corrected chi connectivity index (χ3v) is 2.99. The van der Waals surface area contributed by atoms with Gasteiger partial charge in [-0.1, -0.05) is 12.1 Å². The molecule has 3 N–H and O–H groups in total. The fourth-order valence-electron chi connectivity index (χ4n) is 2.05. The van der Waals surface area contributed by atoms with E-state index < -0.39 is 0 Å². The number of amides is 1. The molecule has 0 saturated carbocycles. The fraction of sp³-hybridized carbons (Fsp3) is 0.462. The Morgan fingerprint density at radius 1 is 1.25 bits per heavy atom.